The molecule has 2 rings (SSSR count). The zero-order valence-corrected chi connectivity index (χ0v) is 11.0. The van der Waals surface area contributed by atoms with Crippen molar-refractivity contribution in [2.24, 2.45) is 0 Å². The quantitative estimate of drug-likeness (QED) is 0.768. The van der Waals surface area contributed by atoms with Gasteiger partial charge in [0.15, 0.2) is 6.29 Å². The number of carbonyl (C=O) groups is 1. The van der Waals surface area contributed by atoms with Crippen molar-refractivity contribution in [2.45, 2.75) is 0 Å². The molecule has 0 aromatic heterocycles. The molecule has 0 unspecified atom stereocenters. The van der Waals surface area contributed by atoms with Gasteiger partial charge in [0, 0.05) is 9.50 Å². The third-order valence-electron chi connectivity index (χ3n) is 2.12. The summed E-state index contributed by atoms with van der Waals surface area (Å²) in [5.41, 5.74) is 0.428. The van der Waals surface area contributed by atoms with Gasteiger partial charge >= 0.3 is 0 Å². The number of carbonyl (C=O) groups excluding carboxylic acids is 1. The van der Waals surface area contributed by atoms with E-state index in [0.717, 1.165) is 10.8 Å². The fourth-order valence-electron chi connectivity index (χ4n) is 1.36. The predicted molar refractivity (Wildman–Crippen MR) is 71.1 cm³/mol. The minimum absolute atomic E-state index is 0.428. The molecule has 0 aliphatic heterocycles. The molecule has 0 bridgehead atoms. The summed E-state index contributed by atoms with van der Waals surface area (Å²) in [7, 11) is 0. The Labute approximate surface area is 112 Å². The Kier molecular flexibility index (Phi) is 3.82. The molecule has 0 amide bonds. The molecule has 4 heteroatoms. The summed E-state index contributed by atoms with van der Waals surface area (Å²) in [6, 6.07) is 12.3. The molecule has 0 fully saturated rings. The summed E-state index contributed by atoms with van der Waals surface area (Å²) in [5, 5.41) is 0.508. The molecule has 0 aliphatic rings. The van der Waals surface area contributed by atoms with Crippen LogP contribution in [0, 0.1) is 0 Å². The van der Waals surface area contributed by atoms with E-state index in [2.05, 4.69) is 15.9 Å². The van der Waals surface area contributed by atoms with Crippen molar-refractivity contribution in [1.82, 2.24) is 0 Å². The SMILES string of the molecule is O=Cc1cc(Cl)ccc1Oc1cccc(Br)c1. The first-order chi connectivity index (χ1) is 8.19. The lowest BCUT2D eigenvalue weighted by molar-refractivity contribution is 0.112. The number of rotatable bonds is 3. The lowest BCUT2D eigenvalue weighted by Crippen LogP contribution is -1.90. The molecular formula is C13H8BrClO2. The monoisotopic (exact) mass is 310 g/mol. The van der Waals surface area contributed by atoms with Crippen molar-refractivity contribution in [3.05, 3.63) is 57.5 Å². The minimum Gasteiger partial charge on any atom is -0.457 e. The molecule has 0 saturated heterocycles. The van der Waals surface area contributed by atoms with Gasteiger partial charge in [0.25, 0.3) is 0 Å². The summed E-state index contributed by atoms with van der Waals surface area (Å²) in [6.07, 6.45) is 0.721. The molecule has 86 valence electrons. The van der Waals surface area contributed by atoms with E-state index in [4.69, 9.17) is 16.3 Å². The summed E-state index contributed by atoms with van der Waals surface area (Å²) < 4.78 is 6.53. The average molecular weight is 312 g/mol. The first-order valence-corrected chi connectivity index (χ1v) is 6.04. The first-order valence-electron chi connectivity index (χ1n) is 4.87. The fraction of sp³-hybridized carbons (Fsp3) is 0. The molecule has 0 spiro atoms. The average Bonchev–Trinajstić information content (AvgIpc) is 2.31. The maximum atomic E-state index is 10.9. The van der Waals surface area contributed by atoms with Crippen LogP contribution in [-0.2, 0) is 0 Å². The van der Waals surface area contributed by atoms with Crippen LogP contribution >= 0.6 is 27.5 Å². The second-order valence-corrected chi connectivity index (χ2v) is 4.71. The minimum atomic E-state index is 0.428. The Morgan fingerprint density at radius 1 is 1.18 bits per heavy atom. The van der Waals surface area contributed by atoms with Gasteiger partial charge in [-0.2, -0.15) is 0 Å². The summed E-state index contributed by atoms with van der Waals surface area (Å²) in [4.78, 5) is 10.9. The van der Waals surface area contributed by atoms with E-state index in [-0.39, 0.29) is 0 Å². The van der Waals surface area contributed by atoms with Crippen molar-refractivity contribution in [3.8, 4) is 11.5 Å². The van der Waals surface area contributed by atoms with Gasteiger partial charge in [0.2, 0.25) is 0 Å². The Hall–Kier alpha value is -1.32. The maximum absolute atomic E-state index is 10.9. The molecule has 0 heterocycles. The molecule has 2 aromatic rings. The van der Waals surface area contributed by atoms with Crippen LogP contribution in [-0.4, -0.2) is 6.29 Å². The van der Waals surface area contributed by atoms with Gasteiger partial charge in [-0.3, -0.25) is 4.79 Å². The number of benzene rings is 2. The lowest BCUT2D eigenvalue weighted by atomic mass is 10.2. The second kappa shape index (κ2) is 5.34. The van der Waals surface area contributed by atoms with E-state index in [1.54, 1.807) is 18.2 Å². The summed E-state index contributed by atoms with van der Waals surface area (Å²) >= 11 is 9.15. The van der Waals surface area contributed by atoms with E-state index in [1.165, 1.54) is 0 Å². The maximum Gasteiger partial charge on any atom is 0.153 e. The van der Waals surface area contributed by atoms with Crippen LogP contribution in [0.4, 0.5) is 0 Å². The van der Waals surface area contributed by atoms with Crippen molar-refractivity contribution in [3.63, 3.8) is 0 Å². The standard InChI is InChI=1S/C13H8BrClO2/c14-10-2-1-3-12(7-10)17-13-5-4-11(15)6-9(13)8-16/h1-8H. The third kappa shape index (κ3) is 3.08. The molecule has 2 aromatic carbocycles. The highest BCUT2D eigenvalue weighted by molar-refractivity contribution is 9.10. The van der Waals surface area contributed by atoms with Gasteiger partial charge in [0.05, 0.1) is 5.56 Å². The van der Waals surface area contributed by atoms with Crippen LogP contribution in [0.25, 0.3) is 0 Å². The van der Waals surface area contributed by atoms with Crippen LogP contribution in [0.2, 0.25) is 5.02 Å². The Morgan fingerprint density at radius 2 is 2.00 bits per heavy atom. The topological polar surface area (TPSA) is 26.3 Å². The molecule has 2 nitrogen and oxygen atoms in total. The van der Waals surface area contributed by atoms with E-state index < -0.39 is 0 Å². The highest BCUT2D eigenvalue weighted by atomic mass is 79.9. The number of hydrogen-bond acceptors (Lipinski definition) is 2. The number of ether oxygens (including phenoxy) is 1. The highest BCUT2D eigenvalue weighted by Crippen LogP contribution is 2.28. The molecule has 0 radical (unpaired) electrons. The van der Waals surface area contributed by atoms with Crippen molar-refractivity contribution < 1.29 is 9.53 Å². The van der Waals surface area contributed by atoms with E-state index >= 15 is 0 Å². The van der Waals surface area contributed by atoms with Crippen LogP contribution in [0.1, 0.15) is 10.4 Å². The second-order valence-electron chi connectivity index (χ2n) is 3.36. The number of aldehydes is 1. The predicted octanol–water partition coefficient (Wildman–Crippen LogP) is 4.71. The normalized spacial score (nSPS) is 10.0. The van der Waals surface area contributed by atoms with Gasteiger partial charge in [-0.15, -0.1) is 0 Å². The van der Waals surface area contributed by atoms with Crippen molar-refractivity contribution >= 4 is 33.8 Å². The van der Waals surface area contributed by atoms with Crippen LogP contribution in [0.15, 0.2) is 46.9 Å². The van der Waals surface area contributed by atoms with Crippen LogP contribution in [0.3, 0.4) is 0 Å². The van der Waals surface area contributed by atoms with Gasteiger partial charge in [0.1, 0.15) is 11.5 Å². The number of hydrogen-bond donors (Lipinski definition) is 0. The number of halogens is 2. The van der Waals surface area contributed by atoms with Gasteiger partial charge < -0.3 is 4.74 Å². The summed E-state index contributed by atoms with van der Waals surface area (Å²) in [5.74, 6) is 1.15. The van der Waals surface area contributed by atoms with E-state index in [1.807, 2.05) is 24.3 Å². The molecule has 0 saturated carbocycles. The molecule has 0 aliphatic carbocycles. The smallest absolute Gasteiger partial charge is 0.153 e. The lowest BCUT2D eigenvalue weighted by Gasteiger charge is -2.08. The van der Waals surface area contributed by atoms with Gasteiger partial charge in [-0.1, -0.05) is 33.6 Å². The highest BCUT2D eigenvalue weighted by Gasteiger charge is 2.05. The molecule has 17 heavy (non-hydrogen) atoms. The van der Waals surface area contributed by atoms with Gasteiger partial charge in [-0.25, -0.2) is 0 Å². The Bertz CT molecular complexity index is 555. The van der Waals surface area contributed by atoms with Crippen molar-refractivity contribution in [1.29, 1.82) is 0 Å². The first kappa shape index (κ1) is 12.1. The van der Waals surface area contributed by atoms with Crippen molar-refractivity contribution in [2.75, 3.05) is 0 Å². The Balaban J connectivity index is 2.32. The third-order valence-corrected chi connectivity index (χ3v) is 2.85. The zero-order chi connectivity index (χ0) is 12.3. The zero-order valence-electron chi connectivity index (χ0n) is 8.69. The van der Waals surface area contributed by atoms with Crippen LogP contribution in [0.5, 0.6) is 11.5 Å². The van der Waals surface area contributed by atoms with Gasteiger partial charge in [-0.05, 0) is 36.4 Å². The van der Waals surface area contributed by atoms with Crippen LogP contribution < -0.4 is 4.74 Å². The fourth-order valence-corrected chi connectivity index (χ4v) is 1.92. The molecule has 0 atom stereocenters. The molecule has 0 N–H and O–H groups in total. The Morgan fingerprint density at radius 3 is 2.71 bits per heavy atom. The molecular weight excluding hydrogens is 303 g/mol. The largest absolute Gasteiger partial charge is 0.457 e. The van der Waals surface area contributed by atoms with E-state index in [0.29, 0.717) is 22.1 Å². The summed E-state index contributed by atoms with van der Waals surface area (Å²) in [6.45, 7) is 0. The van der Waals surface area contributed by atoms with E-state index in [9.17, 15) is 4.79 Å².